The summed E-state index contributed by atoms with van der Waals surface area (Å²) in [5, 5.41) is 10.3. The Balaban J connectivity index is 1.83. The number of carbonyl (C=O) groups excluding carboxylic acids is 3. The molecule has 172 valence electrons. The van der Waals surface area contributed by atoms with E-state index in [1.165, 1.54) is 49.6 Å². The number of barbiturate groups is 1. The van der Waals surface area contributed by atoms with Gasteiger partial charge in [-0.2, -0.15) is 4.31 Å². The minimum absolute atomic E-state index is 0.0995. The van der Waals surface area contributed by atoms with Crippen LogP contribution in [0.4, 0.5) is 10.5 Å². The van der Waals surface area contributed by atoms with Crippen molar-refractivity contribution >= 4 is 64.8 Å². The van der Waals surface area contributed by atoms with Gasteiger partial charge in [-0.05, 0) is 66.1 Å². The molecular formula is C24H16Cl2N2O5S. The number of methoxy groups -OCH3 is 1. The zero-order valence-electron chi connectivity index (χ0n) is 17.6. The lowest BCUT2D eigenvalue weighted by molar-refractivity contribution is -0.125. The summed E-state index contributed by atoms with van der Waals surface area (Å²) in [5.74, 6) is -1.57. The number of nitrogens with zero attached hydrogens (tertiary/aromatic N) is 2. The van der Waals surface area contributed by atoms with Gasteiger partial charge in [-0.3, -0.25) is 9.59 Å². The van der Waals surface area contributed by atoms with Crippen molar-refractivity contribution in [3.8, 4) is 11.5 Å². The lowest BCUT2D eigenvalue weighted by Crippen LogP contribution is -2.54. The first kappa shape index (κ1) is 23.7. The van der Waals surface area contributed by atoms with Gasteiger partial charge in [-0.1, -0.05) is 47.5 Å². The highest BCUT2D eigenvalue weighted by atomic mass is 35.5. The van der Waals surface area contributed by atoms with Crippen LogP contribution in [0.5, 0.6) is 11.5 Å². The highest BCUT2D eigenvalue weighted by Gasteiger charge is 2.44. The molecule has 0 unspecified atom stereocenters. The minimum Gasteiger partial charge on any atom is -0.504 e. The molecule has 1 heterocycles. The molecule has 0 atom stereocenters. The lowest BCUT2D eigenvalue weighted by atomic mass is 10.1. The van der Waals surface area contributed by atoms with Gasteiger partial charge in [0, 0.05) is 14.9 Å². The van der Waals surface area contributed by atoms with Gasteiger partial charge >= 0.3 is 6.03 Å². The molecule has 1 fully saturated rings. The third-order valence-electron chi connectivity index (χ3n) is 4.77. The fourth-order valence-corrected chi connectivity index (χ4v) is 4.57. The van der Waals surface area contributed by atoms with Gasteiger partial charge in [0.25, 0.3) is 11.8 Å². The Kier molecular flexibility index (Phi) is 6.83. The topological polar surface area (TPSA) is 87.2 Å². The largest absolute Gasteiger partial charge is 0.504 e. The van der Waals surface area contributed by atoms with E-state index >= 15 is 0 Å². The Morgan fingerprint density at radius 3 is 2.24 bits per heavy atom. The van der Waals surface area contributed by atoms with E-state index in [1.54, 1.807) is 30.3 Å². The maximum absolute atomic E-state index is 13.4. The summed E-state index contributed by atoms with van der Waals surface area (Å²) in [4.78, 5) is 41.5. The summed E-state index contributed by atoms with van der Waals surface area (Å²) in [7, 11) is 1.38. The predicted molar refractivity (Wildman–Crippen MR) is 131 cm³/mol. The van der Waals surface area contributed by atoms with E-state index < -0.39 is 17.8 Å². The molecule has 34 heavy (non-hydrogen) atoms. The number of aromatic hydroxyl groups is 1. The number of urea groups is 1. The van der Waals surface area contributed by atoms with Crippen LogP contribution >= 0.6 is 35.1 Å². The van der Waals surface area contributed by atoms with Crippen LogP contribution in [-0.4, -0.2) is 34.4 Å². The first-order valence-electron chi connectivity index (χ1n) is 9.79. The first-order valence-corrected chi connectivity index (χ1v) is 11.3. The number of amides is 4. The van der Waals surface area contributed by atoms with E-state index in [-0.39, 0.29) is 32.8 Å². The second-order valence-corrected chi connectivity index (χ2v) is 8.94. The molecule has 4 amide bonds. The van der Waals surface area contributed by atoms with Crippen LogP contribution in [0, 0.1) is 0 Å². The number of hydrogen-bond donors (Lipinski definition) is 1. The maximum atomic E-state index is 13.4. The number of ether oxygens (including phenoxy) is 1. The number of carbonyl (C=O) groups is 3. The van der Waals surface area contributed by atoms with Gasteiger partial charge in [0.1, 0.15) is 5.57 Å². The third-order valence-corrected chi connectivity index (χ3v) is 6.20. The fraction of sp³-hybridized carbons (Fsp3) is 0.0417. The van der Waals surface area contributed by atoms with E-state index in [1.807, 2.05) is 0 Å². The molecule has 3 aromatic rings. The van der Waals surface area contributed by atoms with Crippen molar-refractivity contribution < 1.29 is 24.2 Å². The van der Waals surface area contributed by atoms with Crippen LogP contribution in [0.1, 0.15) is 5.56 Å². The quantitative estimate of drug-likeness (QED) is 0.263. The molecular weight excluding hydrogens is 499 g/mol. The standard InChI is InChI=1S/C24H16Cl2N2O5S/c1-33-21-10-14(7-8-20(21)29)9-19-22(30)27(17-12-15(25)11-16(26)13-17)24(32)28(23(19)31)34-18-5-3-2-4-6-18/h2-13,29H,1H3/b19-9+. The highest BCUT2D eigenvalue weighted by molar-refractivity contribution is 7.98. The Bertz CT molecular complexity index is 1310. The zero-order chi connectivity index (χ0) is 24.4. The van der Waals surface area contributed by atoms with Gasteiger partial charge in [0.15, 0.2) is 11.5 Å². The van der Waals surface area contributed by atoms with Crippen LogP contribution in [0.25, 0.3) is 6.08 Å². The second-order valence-electron chi connectivity index (χ2n) is 7.04. The third kappa shape index (κ3) is 4.75. The van der Waals surface area contributed by atoms with Crippen LogP contribution in [0.2, 0.25) is 10.0 Å². The van der Waals surface area contributed by atoms with Gasteiger partial charge in [-0.15, -0.1) is 0 Å². The van der Waals surface area contributed by atoms with Gasteiger partial charge < -0.3 is 9.84 Å². The van der Waals surface area contributed by atoms with E-state index in [9.17, 15) is 19.5 Å². The molecule has 1 aliphatic rings. The molecule has 1 saturated heterocycles. The average Bonchev–Trinajstić information content (AvgIpc) is 2.80. The number of imide groups is 2. The Labute approximate surface area is 209 Å². The molecule has 7 nitrogen and oxygen atoms in total. The monoisotopic (exact) mass is 514 g/mol. The Morgan fingerprint density at radius 1 is 0.912 bits per heavy atom. The SMILES string of the molecule is COc1cc(/C=C2/C(=O)N(Sc3ccccc3)C(=O)N(c3cc(Cl)cc(Cl)c3)C2=O)ccc1O. The van der Waals surface area contributed by atoms with Crippen molar-refractivity contribution in [2.45, 2.75) is 4.90 Å². The van der Waals surface area contributed by atoms with Gasteiger partial charge in [0.05, 0.1) is 12.8 Å². The van der Waals surface area contributed by atoms with E-state index in [4.69, 9.17) is 27.9 Å². The average molecular weight is 515 g/mol. The number of phenolic OH excluding ortho intramolecular Hbond substituents is 1. The smallest absolute Gasteiger partial charge is 0.349 e. The summed E-state index contributed by atoms with van der Waals surface area (Å²) >= 11 is 13.1. The van der Waals surface area contributed by atoms with E-state index in [0.717, 1.165) is 21.2 Å². The van der Waals surface area contributed by atoms with Crippen LogP contribution in [-0.2, 0) is 9.59 Å². The van der Waals surface area contributed by atoms with Crippen molar-refractivity contribution in [1.82, 2.24) is 4.31 Å². The molecule has 1 aliphatic heterocycles. The summed E-state index contributed by atoms with van der Waals surface area (Å²) in [6.07, 6.45) is 1.33. The molecule has 0 radical (unpaired) electrons. The van der Waals surface area contributed by atoms with Crippen molar-refractivity contribution in [2.75, 3.05) is 12.0 Å². The van der Waals surface area contributed by atoms with Crippen molar-refractivity contribution in [2.24, 2.45) is 0 Å². The minimum atomic E-state index is -0.859. The van der Waals surface area contributed by atoms with Gasteiger partial charge in [0.2, 0.25) is 0 Å². The molecule has 0 saturated carbocycles. The number of phenols is 1. The summed E-state index contributed by atoms with van der Waals surface area (Å²) < 4.78 is 6.00. The summed E-state index contributed by atoms with van der Waals surface area (Å²) in [5.41, 5.74) is 0.258. The fourth-order valence-electron chi connectivity index (χ4n) is 3.22. The number of benzene rings is 3. The molecule has 3 aromatic carbocycles. The maximum Gasteiger partial charge on any atom is 0.349 e. The van der Waals surface area contributed by atoms with Crippen molar-refractivity contribution in [3.63, 3.8) is 0 Å². The normalized spacial score (nSPS) is 15.3. The molecule has 10 heteroatoms. The predicted octanol–water partition coefficient (Wildman–Crippen LogP) is 5.79. The number of anilines is 1. The molecule has 0 aromatic heterocycles. The van der Waals surface area contributed by atoms with Crippen molar-refractivity contribution in [3.05, 3.63) is 87.9 Å². The highest BCUT2D eigenvalue weighted by Crippen LogP contribution is 2.35. The number of rotatable bonds is 5. The number of halogens is 2. The summed E-state index contributed by atoms with van der Waals surface area (Å²) in [6.45, 7) is 0. The first-order chi connectivity index (χ1) is 16.3. The summed E-state index contributed by atoms with van der Waals surface area (Å²) in [6, 6.07) is 16.6. The molecule has 0 bridgehead atoms. The van der Waals surface area contributed by atoms with Crippen LogP contribution in [0.3, 0.4) is 0 Å². The van der Waals surface area contributed by atoms with Gasteiger partial charge in [-0.25, -0.2) is 9.69 Å². The van der Waals surface area contributed by atoms with Crippen LogP contribution in [0.15, 0.2) is 77.2 Å². The molecule has 0 spiro atoms. The van der Waals surface area contributed by atoms with E-state index in [0.29, 0.717) is 10.5 Å². The second kappa shape index (κ2) is 9.80. The Hall–Kier alpha value is -3.46. The van der Waals surface area contributed by atoms with Crippen LogP contribution < -0.4 is 9.64 Å². The van der Waals surface area contributed by atoms with E-state index in [2.05, 4.69) is 0 Å². The van der Waals surface area contributed by atoms with Crippen molar-refractivity contribution in [1.29, 1.82) is 0 Å². The molecule has 1 N–H and O–H groups in total. The Morgan fingerprint density at radius 2 is 1.59 bits per heavy atom. The molecule has 0 aliphatic carbocycles. The lowest BCUT2D eigenvalue weighted by Gasteiger charge is -2.33. The molecule has 4 rings (SSSR count). The zero-order valence-corrected chi connectivity index (χ0v) is 19.9. The number of hydrogen-bond acceptors (Lipinski definition) is 6.